The Morgan fingerprint density at radius 1 is 1.38 bits per heavy atom. The van der Waals surface area contributed by atoms with Gasteiger partial charge in [0.2, 0.25) is 0 Å². The number of aryl methyl sites for hydroxylation is 1. The van der Waals surface area contributed by atoms with Crippen molar-refractivity contribution in [3.05, 3.63) is 23.8 Å². The third-order valence-corrected chi connectivity index (χ3v) is 3.02. The van der Waals surface area contributed by atoms with Crippen molar-refractivity contribution in [3.63, 3.8) is 0 Å². The first-order chi connectivity index (χ1) is 9.79. The van der Waals surface area contributed by atoms with Gasteiger partial charge in [-0.3, -0.25) is 0 Å². The van der Waals surface area contributed by atoms with E-state index in [0.29, 0.717) is 13.0 Å². The molecule has 0 saturated carbocycles. The van der Waals surface area contributed by atoms with Crippen LogP contribution < -0.4 is 10.1 Å². The molecule has 21 heavy (non-hydrogen) atoms. The van der Waals surface area contributed by atoms with E-state index in [4.69, 9.17) is 4.74 Å². The Bertz CT molecular complexity index is 473. The molecule has 1 aromatic carbocycles. The number of nitrogens with one attached hydrogen (secondary N) is 1. The van der Waals surface area contributed by atoms with Gasteiger partial charge in [0.25, 0.3) is 0 Å². The molecule has 0 aliphatic heterocycles. The largest absolute Gasteiger partial charge is 0.491 e. The summed E-state index contributed by atoms with van der Waals surface area (Å²) in [6.07, 6.45) is 0.273. The van der Waals surface area contributed by atoms with E-state index in [2.05, 4.69) is 5.32 Å². The van der Waals surface area contributed by atoms with E-state index < -0.39 is 6.10 Å². The van der Waals surface area contributed by atoms with Crippen LogP contribution in [0, 0.1) is 6.92 Å². The number of carbonyl (C=O) groups excluding carboxylic acids is 1. The zero-order valence-corrected chi connectivity index (χ0v) is 13.5. The lowest BCUT2D eigenvalue weighted by atomic mass is 10.2. The Balaban J connectivity index is 2.62. The molecule has 5 nitrogen and oxygen atoms in total. The van der Waals surface area contributed by atoms with Gasteiger partial charge in [0.1, 0.15) is 5.75 Å². The van der Waals surface area contributed by atoms with Crippen molar-refractivity contribution in [3.8, 4) is 5.75 Å². The fourth-order valence-electron chi connectivity index (χ4n) is 1.81. The molecule has 1 unspecified atom stereocenters. The summed E-state index contributed by atoms with van der Waals surface area (Å²) in [6.45, 7) is 8.13. The van der Waals surface area contributed by atoms with Gasteiger partial charge in [-0.15, -0.1) is 0 Å². The highest BCUT2D eigenvalue weighted by Crippen LogP contribution is 2.23. The lowest BCUT2D eigenvalue weighted by molar-refractivity contribution is 0.167. The number of anilines is 1. The lowest BCUT2D eigenvalue weighted by Gasteiger charge is -2.19. The Morgan fingerprint density at radius 2 is 2.05 bits per heavy atom. The number of carbonyl (C=O) groups is 1. The summed E-state index contributed by atoms with van der Waals surface area (Å²) in [7, 11) is 1.71. The van der Waals surface area contributed by atoms with Crippen LogP contribution >= 0.6 is 0 Å². The van der Waals surface area contributed by atoms with Crippen molar-refractivity contribution in [2.75, 3.05) is 18.9 Å². The highest BCUT2D eigenvalue weighted by atomic mass is 16.5. The number of amides is 2. The van der Waals surface area contributed by atoms with E-state index in [1.807, 2.05) is 39.0 Å². The maximum atomic E-state index is 12.0. The molecule has 0 bridgehead atoms. The lowest BCUT2D eigenvalue weighted by Crippen LogP contribution is -2.33. The summed E-state index contributed by atoms with van der Waals surface area (Å²) < 4.78 is 5.67. The van der Waals surface area contributed by atoms with Crippen molar-refractivity contribution >= 4 is 11.7 Å². The monoisotopic (exact) mass is 294 g/mol. The molecule has 118 valence electrons. The molecule has 2 amide bonds. The van der Waals surface area contributed by atoms with Gasteiger partial charge in [-0.05, 0) is 57.9 Å². The zero-order chi connectivity index (χ0) is 16.0. The summed E-state index contributed by atoms with van der Waals surface area (Å²) in [5.41, 5.74) is 1.71. The summed E-state index contributed by atoms with van der Waals surface area (Å²) in [5, 5.41) is 12.1. The number of hydrogen-bond acceptors (Lipinski definition) is 3. The van der Waals surface area contributed by atoms with Gasteiger partial charge in [-0.2, -0.15) is 0 Å². The van der Waals surface area contributed by atoms with Crippen LogP contribution in [0.3, 0.4) is 0 Å². The zero-order valence-electron chi connectivity index (χ0n) is 13.5. The average molecular weight is 294 g/mol. The molecule has 1 atom stereocenters. The molecule has 0 aliphatic carbocycles. The minimum atomic E-state index is -0.407. The van der Waals surface area contributed by atoms with Crippen molar-refractivity contribution in [2.45, 2.75) is 46.3 Å². The van der Waals surface area contributed by atoms with E-state index in [-0.39, 0.29) is 12.1 Å². The minimum Gasteiger partial charge on any atom is -0.491 e. The summed E-state index contributed by atoms with van der Waals surface area (Å²) in [4.78, 5) is 13.6. The fraction of sp³-hybridized carbons (Fsp3) is 0.562. The van der Waals surface area contributed by atoms with Crippen LogP contribution in [-0.4, -0.2) is 41.8 Å². The number of ether oxygens (including phenoxy) is 1. The molecular formula is C16H26N2O3. The predicted octanol–water partition coefficient (Wildman–Crippen LogP) is 3.02. The average Bonchev–Trinajstić information content (AvgIpc) is 2.38. The number of hydrogen-bond donors (Lipinski definition) is 2. The molecule has 0 radical (unpaired) electrons. The van der Waals surface area contributed by atoms with Crippen molar-refractivity contribution in [1.29, 1.82) is 0 Å². The number of aliphatic hydroxyl groups excluding tert-OH is 1. The second-order valence-electron chi connectivity index (χ2n) is 5.64. The summed E-state index contributed by atoms with van der Waals surface area (Å²) in [6, 6.07) is 5.39. The summed E-state index contributed by atoms with van der Waals surface area (Å²) in [5.74, 6) is 0.824. The van der Waals surface area contributed by atoms with Crippen LogP contribution in [0.2, 0.25) is 0 Å². The predicted molar refractivity (Wildman–Crippen MR) is 84.9 cm³/mol. The smallest absolute Gasteiger partial charge is 0.321 e. The number of rotatable bonds is 6. The van der Waals surface area contributed by atoms with Crippen LogP contribution in [0.15, 0.2) is 18.2 Å². The van der Waals surface area contributed by atoms with E-state index in [1.165, 1.54) is 0 Å². The maximum Gasteiger partial charge on any atom is 0.321 e. The first-order valence-electron chi connectivity index (χ1n) is 7.27. The van der Waals surface area contributed by atoms with Gasteiger partial charge in [-0.25, -0.2) is 4.79 Å². The number of urea groups is 1. The molecule has 2 N–H and O–H groups in total. The van der Waals surface area contributed by atoms with Crippen molar-refractivity contribution in [1.82, 2.24) is 4.90 Å². The maximum absolute atomic E-state index is 12.0. The van der Waals surface area contributed by atoms with Gasteiger partial charge in [-0.1, -0.05) is 0 Å². The second kappa shape index (κ2) is 7.88. The third-order valence-electron chi connectivity index (χ3n) is 3.02. The molecule has 0 spiro atoms. The van der Waals surface area contributed by atoms with E-state index in [9.17, 15) is 9.90 Å². The Labute approximate surface area is 126 Å². The topological polar surface area (TPSA) is 61.8 Å². The highest BCUT2D eigenvalue weighted by Gasteiger charge is 2.11. The molecular weight excluding hydrogens is 268 g/mol. The number of benzene rings is 1. The quantitative estimate of drug-likeness (QED) is 0.847. The molecule has 0 heterocycles. The van der Waals surface area contributed by atoms with Crippen LogP contribution in [0.4, 0.5) is 10.5 Å². The normalized spacial score (nSPS) is 12.1. The Morgan fingerprint density at radius 3 is 2.57 bits per heavy atom. The van der Waals surface area contributed by atoms with Crippen LogP contribution in [0.5, 0.6) is 5.75 Å². The standard InChI is InChI=1S/C16H26N2O3/c1-11(2)21-15-7-6-14(10-12(15)3)17-16(20)18(5)9-8-13(4)19/h6-7,10-11,13,19H,8-9H2,1-5H3,(H,17,20). The molecule has 1 aromatic rings. The van der Waals surface area contributed by atoms with Crippen LogP contribution in [0.25, 0.3) is 0 Å². The van der Waals surface area contributed by atoms with E-state index in [0.717, 1.165) is 17.0 Å². The highest BCUT2D eigenvalue weighted by molar-refractivity contribution is 5.89. The molecule has 0 fully saturated rings. The van der Waals surface area contributed by atoms with E-state index in [1.54, 1.807) is 18.9 Å². The van der Waals surface area contributed by atoms with Gasteiger partial charge >= 0.3 is 6.03 Å². The van der Waals surface area contributed by atoms with Gasteiger partial charge in [0.15, 0.2) is 0 Å². The molecule has 5 heteroatoms. The minimum absolute atomic E-state index is 0.121. The Kier molecular flexibility index (Phi) is 6.49. The number of aliphatic hydroxyl groups is 1. The molecule has 1 rings (SSSR count). The van der Waals surface area contributed by atoms with Crippen molar-refractivity contribution in [2.24, 2.45) is 0 Å². The SMILES string of the molecule is Cc1cc(NC(=O)N(C)CCC(C)O)ccc1OC(C)C. The van der Waals surface area contributed by atoms with Crippen LogP contribution in [-0.2, 0) is 0 Å². The molecule has 0 aromatic heterocycles. The Hall–Kier alpha value is -1.75. The van der Waals surface area contributed by atoms with Crippen molar-refractivity contribution < 1.29 is 14.6 Å². The van der Waals surface area contributed by atoms with E-state index >= 15 is 0 Å². The first kappa shape index (κ1) is 17.3. The van der Waals surface area contributed by atoms with Crippen LogP contribution in [0.1, 0.15) is 32.8 Å². The summed E-state index contributed by atoms with van der Waals surface area (Å²) >= 11 is 0. The molecule has 0 aliphatic rings. The fourth-order valence-corrected chi connectivity index (χ4v) is 1.81. The van der Waals surface area contributed by atoms with Gasteiger partial charge in [0, 0.05) is 19.3 Å². The first-order valence-corrected chi connectivity index (χ1v) is 7.27. The van der Waals surface area contributed by atoms with Gasteiger partial charge < -0.3 is 20.1 Å². The second-order valence-corrected chi connectivity index (χ2v) is 5.64. The number of nitrogens with zero attached hydrogens (tertiary/aromatic N) is 1. The molecule has 0 saturated heterocycles. The van der Waals surface area contributed by atoms with Gasteiger partial charge in [0.05, 0.1) is 12.2 Å². The third kappa shape index (κ3) is 6.04.